The number of nitrogens with zero attached hydrogens (tertiary/aromatic N) is 1. The number of rotatable bonds is 7. The van der Waals surface area contributed by atoms with E-state index in [2.05, 4.69) is 15.2 Å². The van der Waals surface area contributed by atoms with Gasteiger partial charge in [-0.25, -0.2) is 0 Å². The predicted octanol–water partition coefficient (Wildman–Crippen LogP) is 3.74. The quantitative estimate of drug-likeness (QED) is 0.660. The van der Waals surface area contributed by atoms with Crippen LogP contribution in [0.2, 0.25) is 10.0 Å². The highest BCUT2D eigenvalue weighted by Crippen LogP contribution is 2.23. The van der Waals surface area contributed by atoms with Crippen LogP contribution in [0.5, 0.6) is 0 Å². The number of hydrogen-bond donors (Lipinski definition) is 2. The summed E-state index contributed by atoms with van der Waals surface area (Å²) < 4.78 is 5.79. The summed E-state index contributed by atoms with van der Waals surface area (Å²) in [6.45, 7) is 5.57. The molecule has 1 aliphatic rings. The van der Waals surface area contributed by atoms with Crippen LogP contribution in [0, 0.1) is 6.92 Å². The van der Waals surface area contributed by atoms with Gasteiger partial charge in [0.15, 0.2) is 0 Å². The van der Waals surface area contributed by atoms with Gasteiger partial charge in [-0.2, -0.15) is 0 Å². The Labute approximate surface area is 173 Å². The van der Waals surface area contributed by atoms with Crippen molar-refractivity contribution in [3.8, 4) is 0 Å². The summed E-state index contributed by atoms with van der Waals surface area (Å²) in [6.07, 6.45) is -0.0109. The molecule has 5 nitrogen and oxygen atoms in total. The van der Waals surface area contributed by atoms with Crippen LogP contribution in [0.1, 0.15) is 11.3 Å². The van der Waals surface area contributed by atoms with Crippen LogP contribution in [-0.2, 0) is 16.1 Å². The second kappa shape index (κ2) is 9.85. The molecule has 1 saturated heterocycles. The van der Waals surface area contributed by atoms with E-state index < -0.39 is 0 Å². The molecule has 0 spiro atoms. The maximum atomic E-state index is 12.1. The first-order valence-electron chi connectivity index (χ1n) is 8.82. The maximum absolute atomic E-state index is 12.1. The number of amides is 1. The van der Waals surface area contributed by atoms with Crippen LogP contribution in [0.25, 0.3) is 0 Å². The van der Waals surface area contributed by atoms with Gasteiger partial charge in [0.1, 0.15) is 0 Å². The number of thioether (sulfide) groups is 1. The van der Waals surface area contributed by atoms with E-state index in [4.69, 9.17) is 27.9 Å². The van der Waals surface area contributed by atoms with Gasteiger partial charge >= 0.3 is 0 Å². The molecule has 1 aromatic carbocycles. The summed E-state index contributed by atoms with van der Waals surface area (Å²) in [5.74, 6) is 0.400. The van der Waals surface area contributed by atoms with Crippen molar-refractivity contribution in [1.82, 2.24) is 15.2 Å². The van der Waals surface area contributed by atoms with E-state index in [9.17, 15) is 4.79 Å². The summed E-state index contributed by atoms with van der Waals surface area (Å²) in [7, 11) is 0. The van der Waals surface area contributed by atoms with Crippen LogP contribution < -0.4 is 5.32 Å². The zero-order valence-electron chi connectivity index (χ0n) is 15.1. The van der Waals surface area contributed by atoms with Crippen LogP contribution >= 0.6 is 35.0 Å². The van der Waals surface area contributed by atoms with Gasteiger partial charge in [0.25, 0.3) is 0 Å². The van der Waals surface area contributed by atoms with Crippen molar-refractivity contribution < 1.29 is 9.53 Å². The first kappa shape index (κ1) is 20.6. The number of carbonyl (C=O) groups excluding carboxylic acids is 1. The van der Waals surface area contributed by atoms with Gasteiger partial charge in [-0.3, -0.25) is 9.69 Å². The number of H-pyrrole nitrogens is 1. The number of aromatic amines is 1. The van der Waals surface area contributed by atoms with Gasteiger partial charge in [-0.15, -0.1) is 0 Å². The van der Waals surface area contributed by atoms with E-state index in [0.717, 1.165) is 35.9 Å². The second-order valence-corrected chi connectivity index (χ2v) is 8.41. The van der Waals surface area contributed by atoms with Gasteiger partial charge in [0.2, 0.25) is 5.91 Å². The fourth-order valence-corrected chi connectivity index (χ4v) is 4.04. The molecule has 1 unspecified atom stereocenters. The Morgan fingerprint density at radius 3 is 2.93 bits per heavy atom. The number of ether oxygens (including phenoxy) is 1. The molecule has 2 heterocycles. The summed E-state index contributed by atoms with van der Waals surface area (Å²) in [5.41, 5.74) is 2.21. The normalized spacial score (nSPS) is 17.8. The van der Waals surface area contributed by atoms with Crippen LogP contribution in [0.3, 0.4) is 0 Å². The third-order valence-electron chi connectivity index (χ3n) is 4.30. The van der Waals surface area contributed by atoms with Crippen molar-refractivity contribution in [1.29, 1.82) is 0 Å². The molecule has 0 bridgehead atoms. The largest absolute Gasteiger partial charge is 0.374 e. The molecule has 3 rings (SSSR count). The number of morpholine rings is 1. The molecule has 27 heavy (non-hydrogen) atoms. The highest BCUT2D eigenvalue weighted by Gasteiger charge is 2.21. The Bertz CT molecular complexity index is 784. The molecule has 0 aliphatic carbocycles. The Morgan fingerprint density at radius 1 is 1.33 bits per heavy atom. The minimum atomic E-state index is -0.0109. The third kappa shape index (κ3) is 6.43. The fraction of sp³-hybridized carbons (Fsp3) is 0.421. The summed E-state index contributed by atoms with van der Waals surface area (Å²) >= 11 is 13.6. The molecule has 1 aliphatic heterocycles. The summed E-state index contributed by atoms with van der Waals surface area (Å²) in [4.78, 5) is 17.6. The van der Waals surface area contributed by atoms with Crippen molar-refractivity contribution in [3.05, 3.63) is 51.6 Å². The number of nitrogens with one attached hydrogen (secondary N) is 2. The zero-order valence-corrected chi connectivity index (χ0v) is 17.5. The van der Waals surface area contributed by atoms with E-state index in [-0.39, 0.29) is 12.0 Å². The minimum absolute atomic E-state index is 0.0109. The zero-order chi connectivity index (χ0) is 19.2. The molecular weight excluding hydrogens is 405 g/mol. The molecule has 1 amide bonds. The lowest BCUT2D eigenvalue weighted by Crippen LogP contribution is -2.47. The number of aromatic nitrogens is 1. The molecular formula is C19H23Cl2N3O2S. The highest BCUT2D eigenvalue weighted by molar-refractivity contribution is 7.99. The van der Waals surface area contributed by atoms with Crippen molar-refractivity contribution in [2.75, 3.05) is 32.0 Å². The van der Waals surface area contributed by atoms with Gasteiger partial charge in [-0.05, 0) is 36.8 Å². The monoisotopic (exact) mass is 427 g/mol. The van der Waals surface area contributed by atoms with E-state index in [0.29, 0.717) is 28.9 Å². The molecule has 0 radical (unpaired) electrons. The molecule has 146 valence electrons. The lowest BCUT2D eigenvalue weighted by molar-refractivity contribution is -0.119. The van der Waals surface area contributed by atoms with E-state index >= 15 is 0 Å². The smallest absolute Gasteiger partial charge is 0.230 e. The standard InChI is InChI=1S/C19H23Cl2N3O2S/c1-13-2-5-19(23-13)27-12-18(25)22-9-15-11-24(6-7-26-15)10-14-3-4-16(20)17(21)8-14/h2-5,8,15,23H,6-7,9-12H2,1H3,(H,22,25). The SMILES string of the molecule is Cc1ccc(SCC(=O)NCC2CN(Cc3ccc(Cl)c(Cl)c3)CCO2)[nH]1. The molecule has 2 aromatic rings. The Balaban J connectivity index is 1.41. The summed E-state index contributed by atoms with van der Waals surface area (Å²) in [5, 5.41) is 5.11. The third-order valence-corrected chi connectivity index (χ3v) is 6.00. The molecule has 1 atom stereocenters. The van der Waals surface area contributed by atoms with Gasteiger partial charge in [0, 0.05) is 31.9 Å². The number of carbonyl (C=O) groups is 1. The van der Waals surface area contributed by atoms with Gasteiger partial charge in [0.05, 0.1) is 33.5 Å². The Morgan fingerprint density at radius 2 is 2.19 bits per heavy atom. The second-order valence-electron chi connectivity index (χ2n) is 6.57. The topological polar surface area (TPSA) is 57.4 Å². The Hall–Kier alpha value is -1.18. The lowest BCUT2D eigenvalue weighted by Gasteiger charge is -2.33. The van der Waals surface area contributed by atoms with Crippen LogP contribution in [-0.4, -0.2) is 53.9 Å². The summed E-state index contributed by atoms with van der Waals surface area (Å²) in [6, 6.07) is 9.69. The molecule has 1 aromatic heterocycles. The van der Waals surface area contributed by atoms with E-state index in [1.54, 1.807) is 0 Å². The van der Waals surface area contributed by atoms with Crippen molar-refractivity contribution in [3.63, 3.8) is 0 Å². The number of hydrogen-bond acceptors (Lipinski definition) is 4. The maximum Gasteiger partial charge on any atom is 0.230 e. The van der Waals surface area contributed by atoms with E-state index in [1.807, 2.05) is 37.3 Å². The molecule has 1 fully saturated rings. The highest BCUT2D eigenvalue weighted by atomic mass is 35.5. The van der Waals surface area contributed by atoms with Crippen molar-refractivity contribution in [2.24, 2.45) is 0 Å². The Kier molecular flexibility index (Phi) is 7.49. The van der Waals surface area contributed by atoms with Crippen molar-refractivity contribution in [2.45, 2.75) is 24.6 Å². The molecule has 0 saturated carbocycles. The average molecular weight is 428 g/mol. The van der Waals surface area contributed by atoms with Crippen molar-refractivity contribution >= 4 is 40.9 Å². The van der Waals surface area contributed by atoms with Gasteiger partial charge < -0.3 is 15.0 Å². The lowest BCUT2D eigenvalue weighted by atomic mass is 10.2. The van der Waals surface area contributed by atoms with E-state index in [1.165, 1.54) is 11.8 Å². The molecule has 8 heteroatoms. The van der Waals surface area contributed by atoms with Crippen LogP contribution in [0.4, 0.5) is 0 Å². The predicted molar refractivity (Wildman–Crippen MR) is 111 cm³/mol. The van der Waals surface area contributed by atoms with Gasteiger partial charge in [-0.1, -0.05) is 41.0 Å². The molecule has 2 N–H and O–H groups in total. The first-order valence-corrected chi connectivity index (χ1v) is 10.6. The first-order chi connectivity index (χ1) is 13.0. The number of aryl methyl sites for hydroxylation is 1. The average Bonchev–Trinajstić information content (AvgIpc) is 3.07. The fourth-order valence-electron chi connectivity index (χ4n) is 2.93. The number of benzene rings is 1. The number of halogens is 2. The van der Waals surface area contributed by atoms with Crippen LogP contribution in [0.15, 0.2) is 35.4 Å². The minimum Gasteiger partial charge on any atom is -0.374 e.